The van der Waals surface area contributed by atoms with Crippen LogP contribution in [0, 0.1) is 24.2 Å². The molecule has 0 fully saturated rings. The van der Waals surface area contributed by atoms with Gasteiger partial charge in [-0.2, -0.15) is 5.10 Å². The minimum Gasteiger partial charge on any atom is -0.497 e. The predicted octanol–water partition coefficient (Wildman–Crippen LogP) is 4.12. The lowest BCUT2D eigenvalue weighted by Crippen LogP contribution is -2.39. The number of terminal acetylenes is 1. The highest BCUT2D eigenvalue weighted by atomic mass is 35.5. The van der Waals surface area contributed by atoms with Crippen LogP contribution in [0.15, 0.2) is 41.5 Å². The fourth-order valence-electron chi connectivity index (χ4n) is 3.04. The van der Waals surface area contributed by atoms with E-state index in [4.69, 9.17) is 32.2 Å². The van der Waals surface area contributed by atoms with Crippen LogP contribution in [-0.2, 0) is 9.59 Å². The second-order valence-corrected chi connectivity index (χ2v) is 7.84. The first kappa shape index (κ1) is 26.6. The van der Waals surface area contributed by atoms with Gasteiger partial charge in [-0.3, -0.25) is 9.59 Å². The van der Waals surface area contributed by atoms with Crippen molar-refractivity contribution < 1.29 is 23.8 Å². The molecule has 2 rings (SSSR count). The van der Waals surface area contributed by atoms with Crippen molar-refractivity contribution in [3.63, 3.8) is 0 Å². The zero-order chi connectivity index (χ0) is 25.1. The Hall–Kier alpha value is -3.70. The van der Waals surface area contributed by atoms with Crippen LogP contribution >= 0.6 is 11.6 Å². The van der Waals surface area contributed by atoms with Gasteiger partial charge < -0.3 is 19.5 Å². The molecule has 9 heteroatoms. The number of benzene rings is 2. The van der Waals surface area contributed by atoms with Gasteiger partial charge >= 0.3 is 0 Å². The maximum atomic E-state index is 12.8. The number of hydrogen-bond donors (Lipinski definition) is 2. The molecule has 8 nitrogen and oxygen atoms in total. The number of methoxy groups -OCH3 is 1. The summed E-state index contributed by atoms with van der Waals surface area (Å²) in [6.45, 7) is 5.82. The van der Waals surface area contributed by atoms with Crippen molar-refractivity contribution in [2.45, 2.75) is 20.8 Å². The summed E-state index contributed by atoms with van der Waals surface area (Å²) in [5, 5.41) is 7.01. The van der Waals surface area contributed by atoms with E-state index in [-0.39, 0.29) is 17.5 Å². The van der Waals surface area contributed by atoms with E-state index in [1.807, 2.05) is 6.92 Å². The van der Waals surface area contributed by atoms with Gasteiger partial charge in [0.05, 0.1) is 25.0 Å². The maximum absolute atomic E-state index is 12.8. The molecule has 0 aliphatic heterocycles. The third kappa shape index (κ3) is 7.42. The predicted molar refractivity (Wildman–Crippen MR) is 133 cm³/mol. The second-order valence-electron chi connectivity index (χ2n) is 7.43. The van der Waals surface area contributed by atoms with E-state index in [0.29, 0.717) is 35.1 Å². The van der Waals surface area contributed by atoms with E-state index >= 15 is 0 Å². The van der Waals surface area contributed by atoms with Crippen LogP contribution in [0.4, 0.5) is 5.69 Å². The van der Waals surface area contributed by atoms with Gasteiger partial charge in [0.2, 0.25) is 5.91 Å². The lowest BCUT2D eigenvalue weighted by Gasteiger charge is -2.18. The monoisotopic (exact) mass is 485 g/mol. The topological polar surface area (TPSA) is 98.2 Å². The van der Waals surface area contributed by atoms with Crippen LogP contribution in [0.1, 0.15) is 26.3 Å². The Morgan fingerprint density at radius 2 is 1.88 bits per heavy atom. The van der Waals surface area contributed by atoms with Crippen molar-refractivity contribution in [2.24, 2.45) is 16.9 Å². The molecule has 0 aromatic heterocycles. The number of nitrogens with zero attached hydrogens (tertiary/aromatic N) is 1. The Balaban J connectivity index is 2.10. The first-order chi connectivity index (χ1) is 16.3. The van der Waals surface area contributed by atoms with Crippen LogP contribution in [0.3, 0.4) is 0 Å². The van der Waals surface area contributed by atoms with E-state index in [2.05, 4.69) is 21.8 Å². The first-order valence-electron chi connectivity index (χ1n) is 10.6. The summed E-state index contributed by atoms with van der Waals surface area (Å²) < 4.78 is 16.1. The van der Waals surface area contributed by atoms with E-state index in [0.717, 1.165) is 0 Å². The van der Waals surface area contributed by atoms with Crippen molar-refractivity contribution in [3.8, 4) is 29.6 Å². The molecule has 0 aliphatic carbocycles. The molecule has 1 atom stereocenters. The molecular formula is C25H28ClN3O5. The molecule has 0 heterocycles. The Morgan fingerprint density at radius 3 is 2.47 bits per heavy atom. The maximum Gasteiger partial charge on any atom is 0.252 e. The highest BCUT2D eigenvalue weighted by Crippen LogP contribution is 2.36. The lowest BCUT2D eigenvalue weighted by atomic mass is 9.94. The second kappa shape index (κ2) is 13.1. The molecular weight excluding hydrogens is 458 g/mol. The highest BCUT2D eigenvalue weighted by Gasteiger charge is 2.30. The zero-order valence-electron chi connectivity index (χ0n) is 19.6. The smallest absolute Gasteiger partial charge is 0.252 e. The zero-order valence-corrected chi connectivity index (χ0v) is 20.3. The molecule has 2 N–H and O–H groups in total. The van der Waals surface area contributed by atoms with E-state index in [9.17, 15) is 9.59 Å². The first-order valence-corrected chi connectivity index (χ1v) is 11.0. The van der Waals surface area contributed by atoms with Crippen LogP contribution < -0.4 is 25.0 Å². The van der Waals surface area contributed by atoms with Gasteiger partial charge in [-0.1, -0.05) is 31.4 Å². The van der Waals surface area contributed by atoms with Gasteiger partial charge in [-0.05, 0) is 54.8 Å². The summed E-state index contributed by atoms with van der Waals surface area (Å²) in [5.74, 6) is 1.57. The minimum absolute atomic E-state index is 0.0401. The number of ether oxygens (including phenoxy) is 3. The molecule has 0 bridgehead atoms. The van der Waals surface area contributed by atoms with Crippen molar-refractivity contribution in [2.75, 3.05) is 25.6 Å². The number of nitrogens with one attached hydrogen (secondary N) is 2. The molecule has 0 radical (unpaired) electrons. The number of amides is 2. The van der Waals surface area contributed by atoms with E-state index < -0.39 is 17.7 Å². The highest BCUT2D eigenvalue weighted by molar-refractivity contribution is 6.32. The van der Waals surface area contributed by atoms with Gasteiger partial charge in [0.15, 0.2) is 11.5 Å². The molecule has 180 valence electrons. The van der Waals surface area contributed by atoms with Gasteiger partial charge in [-0.25, -0.2) is 5.43 Å². The third-order valence-corrected chi connectivity index (χ3v) is 4.89. The number of rotatable bonds is 11. The summed E-state index contributed by atoms with van der Waals surface area (Å²) in [4.78, 5) is 25.5. The molecule has 2 aromatic rings. The fraction of sp³-hybridized carbons (Fsp3) is 0.320. The summed E-state index contributed by atoms with van der Waals surface area (Å²) in [5.41, 5.74) is 3.54. The fourth-order valence-corrected chi connectivity index (χ4v) is 3.31. The molecule has 2 amide bonds. The summed E-state index contributed by atoms with van der Waals surface area (Å²) in [6, 6.07) is 10.1. The number of hydrazone groups is 1. The molecule has 34 heavy (non-hydrogen) atoms. The number of hydrogen-bond acceptors (Lipinski definition) is 6. The van der Waals surface area contributed by atoms with Gasteiger partial charge in [0.1, 0.15) is 18.3 Å². The van der Waals surface area contributed by atoms with Crippen molar-refractivity contribution >= 4 is 35.3 Å². The Kier molecular flexibility index (Phi) is 10.2. The molecule has 0 spiro atoms. The van der Waals surface area contributed by atoms with Crippen molar-refractivity contribution in [3.05, 3.63) is 47.0 Å². The van der Waals surface area contributed by atoms with E-state index in [1.165, 1.54) is 6.21 Å². The summed E-state index contributed by atoms with van der Waals surface area (Å²) in [7, 11) is 1.56. The standard InChI is InChI=1S/C25H28ClN3O5/c1-6-12-34-23-20(26)13-17(14-21(23)33-7-2)15-27-29-25(31)22(16(3)4)24(30)28-18-8-10-19(32-5)11-9-18/h1,8-11,13-16,22H,7,12H2,2-5H3,(H,28,30)(H,29,31). The Bertz CT molecular complexity index is 1060. The molecule has 0 saturated heterocycles. The van der Waals surface area contributed by atoms with Gasteiger partial charge in [0, 0.05) is 5.69 Å². The molecule has 2 aromatic carbocycles. The number of halogens is 1. The normalized spacial score (nSPS) is 11.6. The average molecular weight is 486 g/mol. The number of anilines is 1. The molecule has 0 aliphatic rings. The number of carbonyl (C=O) groups excluding carboxylic acids is 2. The van der Waals surface area contributed by atoms with Gasteiger partial charge in [-0.15, -0.1) is 6.42 Å². The minimum atomic E-state index is -0.957. The quantitative estimate of drug-likeness (QED) is 0.216. The van der Waals surface area contributed by atoms with Crippen LogP contribution in [-0.4, -0.2) is 38.4 Å². The SMILES string of the molecule is C#CCOc1c(Cl)cc(C=NNC(=O)C(C(=O)Nc2ccc(OC)cc2)C(C)C)cc1OCC. The largest absolute Gasteiger partial charge is 0.497 e. The van der Waals surface area contributed by atoms with Gasteiger partial charge in [0.25, 0.3) is 5.91 Å². The average Bonchev–Trinajstić information content (AvgIpc) is 2.79. The van der Waals surface area contributed by atoms with Crippen molar-refractivity contribution in [1.29, 1.82) is 0 Å². The molecule has 1 unspecified atom stereocenters. The van der Waals surface area contributed by atoms with Crippen LogP contribution in [0.25, 0.3) is 0 Å². The van der Waals surface area contributed by atoms with Crippen LogP contribution in [0.2, 0.25) is 5.02 Å². The number of carbonyl (C=O) groups is 2. The summed E-state index contributed by atoms with van der Waals surface area (Å²) >= 11 is 6.29. The third-order valence-electron chi connectivity index (χ3n) is 4.61. The van der Waals surface area contributed by atoms with Crippen LogP contribution in [0.5, 0.6) is 17.2 Å². The Labute approximate surface area is 204 Å². The van der Waals surface area contributed by atoms with Crippen molar-refractivity contribution in [1.82, 2.24) is 5.43 Å². The van der Waals surface area contributed by atoms with E-state index in [1.54, 1.807) is 57.4 Å². The Morgan fingerprint density at radius 1 is 1.18 bits per heavy atom. The summed E-state index contributed by atoms with van der Waals surface area (Å²) in [6.07, 6.45) is 6.64. The molecule has 0 saturated carbocycles. The lowest BCUT2D eigenvalue weighted by molar-refractivity contribution is -0.134.